The number of benzene rings is 1. The van der Waals surface area contributed by atoms with Crippen molar-refractivity contribution in [2.45, 2.75) is 20.0 Å². The van der Waals surface area contributed by atoms with Gasteiger partial charge >= 0.3 is 0 Å². The SMILES string of the molecule is CC(C)Oc1cccc(-c2cc(Cl)ncn2)c1. The molecular formula is C13H13ClN2O. The number of aromatic nitrogens is 2. The second-order valence-electron chi connectivity index (χ2n) is 3.92. The highest BCUT2D eigenvalue weighted by Gasteiger charge is 2.03. The van der Waals surface area contributed by atoms with E-state index in [1.807, 2.05) is 38.1 Å². The van der Waals surface area contributed by atoms with Crippen LogP contribution in [0.1, 0.15) is 13.8 Å². The lowest BCUT2D eigenvalue weighted by molar-refractivity contribution is 0.242. The molecule has 0 bridgehead atoms. The van der Waals surface area contributed by atoms with Crippen molar-refractivity contribution in [3.63, 3.8) is 0 Å². The summed E-state index contributed by atoms with van der Waals surface area (Å²) in [6.07, 6.45) is 1.60. The van der Waals surface area contributed by atoms with Gasteiger partial charge in [0, 0.05) is 11.6 Å². The molecule has 0 spiro atoms. The predicted molar refractivity (Wildman–Crippen MR) is 68.2 cm³/mol. The largest absolute Gasteiger partial charge is 0.491 e. The summed E-state index contributed by atoms with van der Waals surface area (Å²) in [6.45, 7) is 3.99. The Hall–Kier alpha value is -1.61. The highest BCUT2D eigenvalue weighted by atomic mass is 35.5. The van der Waals surface area contributed by atoms with Crippen LogP contribution < -0.4 is 4.74 Å². The quantitative estimate of drug-likeness (QED) is 0.779. The third-order valence-electron chi connectivity index (χ3n) is 2.14. The maximum Gasteiger partial charge on any atom is 0.133 e. The average molecular weight is 249 g/mol. The standard InChI is InChI=1S/C13H13ClN2O/c1-9(2)17-11-5-3-4-10(6-11)12-7-13(14)16-8-15-12/h3-9H,1-2H3. The number of hydrogen-bond donors (Lipinski definition) is 0. The van der Waals surface area contributed by atoms with E-state index in [0.29, 0.717) is 5.15 Å². The predicted octanol–water partition coefficient (Wildman–Crippen LogP) is 3.58. The Kier molecular flexibility index (Phi) is 3.59. The van der Waals surface area contributed by atoms with Crippen LogP contribution in [0.15, 0.2) is 36.7 Å². The zero-order valence-corrected chi connectivity index (χ0v) is 10.5. The third-order valence-corrected chi connectivity index (χ3v) is 2.34. The molecule has 1 aromatic carbocycles. The van der Waals surface area contributed by atoms with Crippen molar-refractivity contribution in [3.8, 4) is 17.0 Å². The van der Waals surface area contributed by atoms with Crippen molar-refractivity contribution in [2.24, 2.45) is 0 Å². The maximum atomic E-state index is 5.84. The van der Waals surface area contributed by atoms with Crippen molar-refractivity contribution >= 4 is 11.6 Å². The maximum absolute atomic E-state index is 5.84. The number of hydrogen-bond acceptors (Lipinski definition) is 3. The molecule has 1 heterocycles. The first-order valence-corrected chi connectivity index (χ1v) is 5.77. The minimum absolute atomic E-state index is 0.152. The molecule has 0 radical (unpaired) electrons. The smallest absolute Gasteiger partial charge is 0.133 e. The van der Waals surface area contributed by atoms with Crippen molar-refractivity contribution < 1.29 is 4.74 Å². The van der Waals surface area contributed by atoms with Gasteiger partial charge in [-0.2, -0.15) is 0 Å². The topological polar surface area (TPSA) is 35.0 Å². The first-order chi connectivity index (χ1) is 8.15. The Morgan fingerprint density at radius 1 is 1.18 bits per heavy atom. The summed E-state index contributed by atoms with van der Waals surface area (Å²) in [5.41, 5.74) is 1.76. The lowest BCUT2D eigenvalue weighted by atomic mass is 10.1. The van der Waals surface area contributed by atoms with Gasteiger partial charge in [-0.05, 0) is 26.0 Å². The Balaban J connectivity index is 2.33. The molecule has 0 N–H and O–H groups in total. The molecule has 0 saturated heterocycles. The first-order valence-electron chi connectivity index (χ1n) is 5.40. The van der Waals surface area contributed by atoms with Gasteiger partial charge in [0.2, 0.25) is 0 Å². The summed E-state index contributed by atoms with van der Waals surface area (Å²) in [4.78, 5) is 8.04. The van der Waals surface area contributed by atoms with Crippen LogP contribution in [0, 0.1) is 0 Å². The van der Waals surface area contributed by atoms with Gasteiger partial charge < -0.3 is 4.74 Å². The van der Waals surface area contributed by atoms with E-state index in [4.69, 9.17) is 16.3 Å². The van der Waals surface area contributed by atoms with Crippen LogP contribution in [0.4, 0.5) is 0 Å². The zero-order valence-electron chi connectivity index (χ0n) is 9.72. The van der Waals surface area contributed by atoms with Gasteiger partial charge in [-0.25, -0.2) is 9.97 Å². The molecule has 0 unspecified atom stereocenters. The van der Waals surface area contributed by atoms with Gasteiger partial charge in [0.15, 0.2) is 0 Å². The number of ether oxygens (including phenoxy) is 1. The molecule has 2 aromatic rings. The van der Waals surface area contributed by atoms with Crippen LogP contribution in [0.3, 0.4) is 0 Å². The monoisotopic (exact) mass is 248 g/mol. The number of nitrogens with zero attached hydrogens (tertiary/aromatic N) is 2. The molecule has 0 saturated carbocycles. The Bertz CT molecular complexity index is 514. The van der Waals surface area contributed by atoms with Gasteiger partial charge in [0.05, 0.1) is 11.8 Å². The molecule has 0 fully saturated rings. The highest BCUT2D eigenvalue weighted by molar-refractivity contribution is 6.29. The van der Waals surface area contributed by atoms with E-state index < -0.39 is 0 Å². The van der Waals surface area contributed by atoms with E-state index in [2.05, 4.69) is 9.97 Å². The Morgan fingerprint density at radius 2 is 2.00 bits per heavy atom. The van der Waals surface area contributed by atoms with E-state index in [0.717, 1.165) is 17.0 Å². The fourth-order valence-corrected chi connectivity index (χ4v) is 1.64. The highest BCUT2D eigenvalue weighted by Crippen LogP contribution is 2.23. The molecule has 0 aliphatic heterocycles. The summed E-state index contributed by atoms with van der Waals surface area (Å²) in [5, 5.41) is 0.435. The Labute approximate surface area is 105 Å². The molecule has 0 atom stereocenters. The van der Waals surface area contributed by atoms with Crippen LogP contribution in [0.5, 0.6) is 5.75 Å². The molecule has 3 nitrogen and oxygen atoms in total. The van der Waals surface area contributed by atoms with Crippen molar-refractivity contribution in [1.29, 1.82) is 0 Å². The molecular weight excluding hydrogens is 236 g/mol. The lowest BCUT2D eigenvalue weighted by Gasteiger charge is -2.10. The van der Waals surface area contributed by atoms with Crippen LogP contribution in [0.25, 0.3) is 11.3 Å². The minimum Gasteiger partial charge on any atom is -0.491 e. The van der Waals surface area contributed by atoms with Crippen molar-refractivity contribution in [1.82, 2.24) is 9.97 Å². The van der Waals surface area contributed by atoms with Gasteiger partial charge in [-0.3, -0.25) is 0 Å². The van der Waals surface area contributed by atoms with Crippen molar-refractivity contribution in [2.75, 3.05) is 0 Å². The average Bonchev–Trinajstić information content (AvgIpc) is 2.28. The van der Waals surface area contributed by atoms with E-state index >= 15 is 0 Å². The zero-order chi connectivity index (χ0) is 12.3. The van der Waals surface area contributed by atoms with Gasteiger partial charge in [-0.15, -0.1) is 0 Å². The number of halogens is 1. The second kappa shape index (κ2) is 5.15. The molecule has 2 rings (SSSR count). The van der Waals surface area contributed by atoms with E-state index in [1.165, 1.54) is 6.33 Å². The lowest BCUT2D eigenvalue weighted by Crippen LogP contribution is -2.05. The fraction of sp³-hybridized carbons (Fsp3) is 0.231. The third kappa shape index (κ3) is 3.17. The summed E-state index contributed by atoms with van der Waals surface area (Å²) in [5.74, 6) is 0.826. The van der Waals surface area contributed by atoms with Gasteiger partial charge in [0.1, 0.15) is 17.2 Å². The molecule has 0 aliphatic carbocycles. The first kappa shape index (κ1) is 11.9. The van der Waals surface area contributed by atoms with E-state index in [1.54, 1.807) is 6.07 Å². The summed E-state index contributed by atoms with van der Waals surface area (Å²) >= 11 is 5.84. The normalized spacial score (nSPS) is 10.6. The molecule has 0 aliphatic rings. The minimum atomic E-state index is 0.152. The van der Waals surface area contributed by atoms with Crippen LogP contribution >= 0.6 is 11.6 Å². The summed E-state index contributed by atoms with van der Waals surface area (Å²) in [7, 11) is 0. The molecule has 88 valence electrons. The fourth-order valence-electron chi connectivity index (χ4n) is 1.49. The number of rotatable bonds is 3. The van der Waals surface area contributed by atoms with E-state index in [-0.39, 0.29) is 6.10 Å². The van der Waals surface area contributed by atoms with Crippen LogP contribution in [-0.2, 0) is 0 Å². The molecule has 4 heteroatoms. The van der Waals surface area contributed by atoms with Gasteiger partial charge in [-0.1, -0.05) is 23.7 Å². The van der Waals surface area contributed by atoms with Crippen LogP contribution in [0.2, 0.25) is 5.15 Å². The summed E-state index contributed by atoms with van der Waals surface area (Å²) in [6, 6.07) is 9.50. The molecule has 0 amide bonds. The van der Waals surface area contributed by atoms with E-state index in [9.17, 15) is 0 Å². The summed E-state index contributed by atoms with van der Waals surface area (Å²) < 4.78 is 5.63. The molecule has 1 aromatic heterocycles. The van der Waals surface area contributed by atoms with Crippen LogP contribution in [-0.4, -0.2) is 16.1 Å². The second-order valence-corrected chi connectivity index (χ2v) is 4.31. The van der Waals surface area contributed by atoms with Gasteiger partial charge in [0.25, 0.3) is 0 Å². The Morgan fingerprint density at radius 3 is 2.71 bits per heavy atom. The van der Waals surface area contributed by atoms with Crippen molar-refractivity contribution in [3.05, 3.63) is 41.8 Å². The molecule has 17 heavy (non-hydrogen) atoms.